The Hall–Kier alpha value is -0.780. The molecule has 0 atom stereocenters. The van der Waals surface area contributed by atoms with Crippen LogP contribution >= 0.6 is 0 Å². The van der Waals surface area contributed by atoms with Crippen LogP contribution in [0.5, 0.6) is 0 Å². The average molecular weight is 163 g/mol. The van der Waals surface area contributed by atoms with Crippen LogP contribution in [-0.2, 0) is 0 Å². The fourth-order valence-electron chi connectivity index (χ4n) is 1.95. The average Bonchev–Trinajstić information content (AvgIpc) is 2.17. The van der Waals surface area contributed by atoms with Crippen molar-refractivity contribution in [3.8, 4) is 0 Å². The highest BCUT2D eigenvalue weighted by Crippen LogP contribution is 2.31. The van der Waals surface area contributed by atoms with Gasteiger partial charge in [0, 0.05) is 0 Å². The van der Waals surface area contributed by atoms with Gasteiger partial charge in [0.15, 0.2) is 0 Å². The van der Waals surface area contributed by atoms with Crippen LogP contribution in [0.3, 0.4) is 0 Å². The van der Waals surface area contributed by atoms with Gasteiger partial charge in [0.1, 0.15) is 0 Å². The highest BCUT2D eigenvalue weighted by molar-refractivity contribution is 5.19. The standard InChI is InChI=1S/C12H16/c1-3-7-11(8-4-1)12-9-5-2-6-10-12/h1,3-4,7-8,12H,2,5-6,9-10H2/i1D,7D,8D. The molecule has 64 valence electrons. The third-order valence-electron chi connectivity index (χ3n) is 2.64. The normalized spacial score (nSPS) is 22.8. The van der Waals surface area contributed by atoms with Crippen LogP contribution in [0.25, 0.3) is 0 Å². The predicted molar refractivity (Wildman–Crippen MR) is 52.3 cm³/mol. The lowest BCUT2D eigenvalue weighted by Gasteiger charge is -2.21. The molecule has 0 heterocycles. The molecule has 0 N–H and O–H groups in total. The van der Waals surface area contributed by atoms with Crippen molar-refractivity contribution >= 4 is 0 Å². The summed E-state index contributed by atoms with van der Waals surface area (Å²) in [6.45, 7) is 0. The van der Waals surface area contributed by atoms with Crippen LogP contribution in [0, 0.1) is 0 Å². The van der Waals surface area contributed by atoms with E-state index >= 15 is 0 Å². The summed E-state index contributed by atoms with van der Waals surface area (Å²) in [5, 5.41) is 0. The first-order valence-electron chi connectivity index (χ1n) is 6.26. The summed E-state index contributed by atoms with van der Waals surface area (Å²) in [5.41, 5.74) is 0.866. The molecule has 0 unspecified atom stereocenters. The van der Waals surface area contributed by atoms with Crippen LogP contribution < -0.4 is 0 Å². The zero-order valence-corrected chi connectivity index (χ0v) is 7.27. The van der Waals surface area contributed by atoms with Crippen molar-refractivity contribution in [2.45, 2.75) is 38.0 Å². The lowest BCUT2D eigenvalue weighted by Crippen LogP contribution is -2.03. The highest BCUT2D eigenvalue weighted by atomic mass is 14.2. The molecule has 0 aliphatic heterocycles. The lowest BCUT2D eigenvalue weighted by atomic mass is 9.84. The van der Waals surface area contributed by atoms with Gasteiger partial charge in [0.2, 0.25) is 0 Å². The molecule has 0 heteroatoms. The third kappa shape index (κ3) is 1.69. The van der Waals surface area contributed by atoms with Gasteiger partial charge in [0.25, 0.3) is 0 Å². The van der Waals surface area contributed by atoms with Gasteiger partial charge in [-0.2, -0.15) is 0 Å². The van der Waals surface area contributed by atoms with Gasteiger partial charge >= 0.3 is 0 Å². The Kier molecular flexibility index (Phi) is 1.58. The van der Waals surface area contributed by atoms with E-state index in [2.05, 4.69) is 0 Å². The SMILES string of the molecule is [2H]c1cc([2H])c(C2CCCCC2)c([2H])c1. The molecule has 1 aliphatic carbocycles. The molecule has 1 saturated carbocycles. The molecule has 12 heavy (non-hydrogen) atoms. The molecule has 1 fully saturated rings. The van der Waals surface area contributed by atoms with E-state index in [4.69, 9.17) is 4.11 Å². The van der Waals surface area contributed by atoms with E-state index in [0.29, 0.717) is 18.0 Å². The Morgan fingerprint density at radius 2 is 1.75 bits per heavy atom. The Labute approximate surface area is 78.8 Å². The molecule has 1 aliphatic rings. The van der Waals surface area contributed by atoms with Gasteiger partial charge < -0.3 is 0 Å². The molecule has 0 nitrogen and oxygen atoms in total. The van der Waals surface area contributed by atoms with Crippen LogP contribution in [0.4, 0.5) is 0 Å². The van der Waals surface area contributed by atoms with Gasteiger partial charge in [-0.05, 0) is 24.3 Å². The fourth-order valence-corrected chi connectivity index (χ4v) is 1.95. The molecule has 0 amide bonds. The lowest BCUT2D eigenvalue weighted by molar-refractivity contribution is 0.443. The Balaban J connectivity index is 2.33. The summed E-state index contributed by atoms with van der Waals surface area (Å²) in [6.07, 6.45) is 5.93. The predicted octanol–water partition coefficient (Wildman–Crippen LogP) is 3.73. The van der Waals surface area contributed by atoms with Crippen LogP contribution in [-0.4, -0.2) is 0 Å². The maximum Gasteiger partial charge on any atom is 0.0626 e. The summed E-state index contributed by atoms with van der Waals surface area (Å²) in [7, 11) is 0. The van der Waals surface area contributed by atoms with Crippen molar-refractivity contribution in [3.63, 3.8) is 0 Å². The first-order valence-corrected chi connectivity index (χ1v) is 4.76. The summed E-state index contributed by atoms with van der Waals surface area (Å²) in [5.74, 6) is 0.388. The van der Waals surface area contributed by atoms with E-state index in [-0.39, 0.29) is 6.04 Å². The molecule has 0 bridgehead atoms. The monoisotopic (exact) mass is 163 g/mol. The molecule has 1 aromatic rings. The molecule has 0 radical (unpaired) electrons. The van der Waals surface area contributed by atoms with Gasteiger partial charge in [-0.25, -0.2) is 0 Å². The Morgan fingerprint density at radius 3 is 2.42 bits per heavy atom. The maximum absolute atomic E-state index is 7.85. The zero-order valence-electron chi connectivity index (χ0n) is 10.3. The van der Waals surface area contributed by atoms with Gasteiger partial charge in [-0.3, -0.25) is 0 Å². The second-order valence-electron chi connectivity index (χ2n) is 3.49. The molecule has 2 rings (SSSR count). The summed E-state index contributed by atoms with van der Waals surface area (Å²) >= 11 is 0. The molecular weight excluding hydrogens is 144 g/mol. The van der Waals surface area contributed by atoms with E-state index in [9.17, 15) is 0 Å². The number of hydrogen-bond acceptors (Lipinski definition) is 0. The van der Waals surface area contributed by atoms with Crippen LogP contribution in [0.15, 0.2) is 30.3 Å². The minimum Gasteiger partial charge on any atom is -0.0622 e. The van der Waals surface area contributed by atoms with E-state index in [1.54, 1.807) is 12.1 Å². The van der Waals surface area contributed by atoms with E-state index in [1.165, 1.54) is 19.3 Å². The van der Waals surface area contributed by atoms with Gasteiger partial charge in [-0.1, -0.05) is 49.5 Å². The fraction of sp³-hybridized carbons (Fsp3) is 0.500. The van der Waals surface area contributed by atoms with Crippen molar-refractivity contribution in [1.29, 1.82) is 0 Å². The van der Waals surface area contributed by atoms with Crippen molar-refractivity contribution in [3.05, 3.63) is 35.8 Å². The minimum absolute atomic E-state index is 0.282. The quantitative estimate of drug-likeness (QED) is 0.591. The van der Waals surface area contributed by atoms with Crippen LogP contribution in [0.1, 0.15) is 47.7 Å². The van der Waals surface area contributed by atoms with E-state index in [0.717, 1.165) is 18.4 Å². The largest absolute Gasteiger partial charge is 0.0626 e. The molecular formula is C12H16. The Morgan fingerprint density at radius 1 is 1.08 bits per heavy atom. The second-order valence-corrected chi connectivity index (χ2v) is 3.49. The summed E-state index contributed by atoms with van der Waals surface area (Å²) < 4.78 is 23.1. The first-order chi connectivity index (χ1) is 7.18. The minimum atomic E-state index is 0.282. The summed E-state index contributed by atoms with van der Waals surface area (Å²) in [4.78, 5) is 0. The van der Waals surface area contributed by atoms with E-state index in [1.807, 2.05) is 0 Å². The topological polar surface area (TPSA) is 0 Å². The molecule has 0 saturated heterocycles. The number of benzene rings is 1. The summed E-state index contributed by atoms with van der Waals surface area (Å²) in [6, 6.07) is 4.17. The van der Waals surface area contributed by atoms with Crippen molar-refractivity contribution < 1.29 is 4.11 Å². The smallest absolute Gasteiger partial charge is 0.0622 e. The first kappa shape index (κ1) is 5.06. The molecule has 0 spiro atoms. The highest BCUT2D eigenvalue weighted by Gasteiger charge is 2.14. The number of rotatable bonds is 1. The Bertz CT molecular complexity index is 331. The van der Waals surface area contributed by atoms with Gasteiger partial charge in [0.05, 0.1) is 4.11 Å². The number of hydrogen-bond donors (Lipinski definition) is 0. The van der Waals surface area contributed by atoms with Gasteiger partial charge in [-0.15, -0.1) is 0 Å². The van der Waals surface area contributed by atoms with Crippen molar-refractivity contribution in [2.75, 3.05) is 0 Å². The van der Waals surface area contributed by atoms with E-state index < -0.39 is 0 Å². The maximum atomic E-state index is 7.85. The molecule has 1 aromatic carbocycles. The van der Waals surface area contributed by atoms with Crippen molar-refractivity contribution in [1.82, 2.24) is 0 Å². The zero-order chi connectivity index (χ0) is 10.8. The third-order valence-corrected chi connectivity index (χ3v) is 2.64. The van der Waals surface area contributed by atoms with Crippen molar-refractivity contribution in [2.24, 2.45) is 0 Å². The second kappa shape index (κ2) is 3.75. The molecule has 0 aromatic heterocycles. The van der Waals surface area contributed by atoms with Crippen LogP contribution in [0.2, 0.25) is 0 Å².